The van der Waals surface area contributed by atoms with Gasteiger partial charge in [0.2, 0.25) is 0 Å². The Morgan fingerprint density at radius 3 is 1.94 bits per heavy atom. The van der Waals surface area contributed by atoms with Gasteiger partial charge in [0.05, 0.1) is 0 Å². The number of aryl methyl sites for hydroxylation is 2. The van der Waals surface area contributed by atoms with E-state index in [1.165, 1.54) is 11.1 Å². The van der Waals surface area contributed by atoms with Crippen molar-refractivity contribution in [3.05, 3.63) is 143 Å². The highest BCUT2D eigenvalue weighted by Gasteiger charge is 2.70. The summed E-state index contributed by atoms with van der Waals surface area (Å²) in [4.78, 5) is 14.3. The van der Waals surface area contributed by atoms with Crippen molar-refractivity contribution in [2.75, 3.05) is 0 Å². The van der Waals surface area contributed by atoms with Crippen LogP contribution in [0.5, 0.6) is 5.75 Å². The highest BCUT2D eigenvalue weighted by atomic mass is 16.5. The molecule has 160 valence electrons. The average molecular weight is 429 g/mol. The molecule has 33 heavy (non-hydrogen) atoms. The summed E-state index contributed by atoms with van der Waals surface area (Å²) in [6.07, 6.45) is 1.81. The maximum Gasteiger partial charge on any atom is 0.181 e. The smallest absolute Gasteiger partial charge is 0.181 e. The number of ether oxygens (including phenoxy) is 1. The third kappa shape index (κ3) is 2.52. The van der Waals surface area contributed by atoms with Gasteiger partial charge in [-0.15, -0.1) is 0 Å². The van der Waals surface area contributed by atoms with E-state index >= 15 is 0 Å². The summed E-state index contributed by atoms with van der Waals surface area (Å²) in [6, 6.07) is 34.9. The van der Waals surface area contributed by atoms with Gasteiger partial charge in [-0.1, -0.05) is 108 Å². The van der Waals surface area contributed by atoms with Crippen molar-refractivity contribution in [3.8, 4) is 5.75 Å². The molecular formula is C31H24O2. The molecule has 0 spiro atoms. The van der Waals surface area contributed by atoms with E-state index in [4.69, 9.17) is 4.74 Å². The maximum absolute atomic E-state index is 14.3. The molecule has 0 N–H and O–H groups in total. The Morgan fingerprint density at radius 1 is 0.636 bits per heavy atom. The molecule has 1 aliphatic heterocycles. The fourth-order valence-corrected chi connectivity index (χ4v) is 5.63. The summed E-state index contributed by atoms with van der Waals surface area (Å²) in [5.41, 5.74) is 5.08. The van der Waals surface area contributed by atoms with Crippen molar-refractivity contribution in [1.82, 2.24) is 0 Å². The van der Waals surface area contributed by atoms with Crippen LogP contribution in [0.15, 0.2) is 109 Å². The fourth-order valence-electron chi connectivity index (χ4n) is 5.63. The molecule has 6 rings (SSSR count). The van der Waals surface area contributed by atoms with Crippen LogP contribution in [0.3, 0.4) is 0 Å². The van der Waals surface area contributed by atoms with E-state index in [-0.39, 0.29) is 5.78 Å². The normalized spacial score (nSPS) is 23.0. The minimum atomic E-state index is -1.00. The van der Waals surface area contributed by atoms with Gasteiger partial charge in [0, 0.05) is 16.7 Å². The minimum absolute atomic E-state index is 0.0507. The SMILES string of the molecule is Cc1ccc(C2=CC(=O)[C@]3(c4ccccc4)c4ccccc4O[C@]23c2ccc(C)cc2)cc1. The molecule has 4 aromatic carbocycles. The van der Waals surface area contributed by atoms with Gasteiger partial charge in [0.25, 0.3) is 0 Å². The first-order valence-electron chi connectivity index (χ1n) is 11.3. The first-order chi connectivity index (χ1) is 16.1. The van der Waals surface area contributed by atoms with Crippen LogP contribution in [-0.2, 0) is 15.8 Å². The molecule has 0 unspecified atom stereocenters. The molecule has 2 atom stereocenters. The van der Waals surface area contributed by atoms with Crippen LogP contribution in [0.4, 0.5) is 0 Å². The second-order valence-corrected chi connectivity index (χ2v) is 9.05. The lowest BCUT2D eigenvalue weighted by Gasteiger charge is -2.41. The van der Waals surface area contributed by atoms with E-state index in [2.05, 4.69) is 74.5 Å². The number of fused-ring (bicyclic) bond motifs is 3. The average Bonchev–Trinajstić information content (AvgIpc) is 3.29. The zero-order valence-electron chi connectivity index (χ0n) is 18.7. The molecule has 2 aliphatic rings. The Hall–Kier alpha value is -3.91. The third-order valence-corrected chi connectivity index (χ3v) is 7.13. The molecule has 2 nitrogen and oxygen atoms in total. The second-order valence-electron chi connectivity index (χ2n) is 9.05. The van der Waals surface area contributed by atoms with E-state index in [0.29, 0.717) is 0 Å². The van der Waals surface area contributed by atoms with E-state index in [1.807, 2.05) is 48.5 Å². The zero-order valence-corrected chi connectivity index (χ0v) is 18.7. The number of benzene rings is 4. The maximum atomic E-state index is 14.3. The molecule has 1 heterocycles. The molecule has 1 aliphatic carbocycles. The monoisotopic (exact) mass is 428 g/mol. The summed E-state index contributed by atoms with van der Waals surface area (Å²) < 4.78 is 6.98. The van der Waals surface area contributed by atoms with E-state index in [0.717, 1.165) is 33.6 Å². The zero-order chi connectivity index (χ0) is 22.6. The molecular weight excluding hydrogens is 404 g/mol. The number of hydrogen-bond donors (Lipinski definition) is 0. The molecule has 0 aromatic heterocycles. The highest BCUT2D eigenvalue weighted by Crippen LogP contribution is 2.66. The summed E-state index contributed by atoms with van der Waals surface area (Å²) in [5.74, 6) is 0.808. The number of rotatable bonds is 3. The first-order valence-corrected chi connectivity index (χ1v) is 11.3. The number of carbonyl (C=O) groups excluding carboxylic acids is 1. The standard InChI is InChI=1S/C31H24O2/c1-21-12-16-23(17-13-21)27-20-29(32)30(24-8-4-3-5-9-24)26-10-6-7-11-28(26)33-31(27,30)25-18-14-22(2)15-19-25/h3-20H,1-2H3/t30-,31+/m0/s1. The van der Waals surface area contributed by atoms with Gasteiger partial charge in [-0.25, -0.2) is 0 Å². The van der Waals surface area contributed by atoms with Crippen LogP contribution in [0.25, 0.3) is 5.57 Å². The van der Waals surface area contributed by atoms with Crippen molar-refractivity contribution in [3.63, 3.8) is 0 Å². The Morgan fingerprint density at radius 2 is 1.24 bits per heavy atom. The Balaban J connectivity index is 1.75. The van der Waals surface area contributed by atoms with E-state index in [9.17, 15) is 4.79 Å². The molecule has 0 bridgehead atoms. The minimum Gasteiger partial charge on any atom is -0.476 e. The molecule has 2 heteroatoms. The third-order valence-electron chi connectivity index (χ3n) is 7.13. The lowest BCUT2D eigenvalue weighted by Crippen LogP contribution is -2.51. The molecule has 0 amide bonds. The Kier molecular flexibility index (Phi) is 4.22. The number of carbonyl (C=O) groups is 1. The first kappa shape index (κ1) is 19.8. The van der Waals surface area contributed by atoms with Gasteiger partial charge in [-0.2, -0.15) is 0 Å². The van der Waals surface area contributed by atoms with Crippen molar-refractivity contribution in [2.45, 2.75) is 24.9 Å². The molecule has 0 saturated heterocycles. The van der Waals surface area contributed by atoms with Crippen molar-refractivity contribution >= 4 is 11.4 Å². The summed E-state index contributed by atoms with van der Waals surface area (Å²) in [5, 5.41) is 0. The van der Waals surface area contributed by atoms with Gasteiger partial charge in [-0.05, 0) is 37.1 Å². The van der Waals surface area contributed by atoms with Crippen LogP contribution in [0.2, 0.25) is 0 Å². The summed E-state index contributed by atoms with van der Waals surface area (Å²) in [7, 11) is 0. The van der Waals surface area contributed by atoms with Crippen LogP contribution in [0, 0.1) is 13.8 Å². The second kappa shape index (κ2) is 7.05. The number of ketones is 1. The quantitative estimate of drug-likeness (QED) is 0.370. The Bertz CT molecular complexity index is 1400. The van der Waals surface area contributed by atoms with Crippen LogP contribution in [0.1, 0.15) is 33.4 Å². The van der Waals surface area contributed by atoms with Crippen LogP contribution in [-0.4, -0.2) is 5.78 Å². The summed E-state index contributed by atoms with van der Waals surface area (Å²) >= 11 is 0. The lowest BCUT2D eigenvalue weighted by atomic mass is 9.60. The largest absolute Gasteiger partial charge is 0.476 e. The van der Waals surface area contributed by atoms with Gasteiger partial charge >= 0.3 is 0 Å². The highest BCUT2D eigenvalue weighted by molar-refractivity contribution is 6.16. The van der Waals surface area contributed by atoms with Gasteiger partial charge in [0.15, 0.2) is 11.4 Å². The predicted octanol–water partition coefficient (Wildman–Crippen LogP) is 6.54. The number of hydrogen-bond acceptors (Lipinski definition) is 2. The molecule has 0 fully saturated rings. The van der Waals surface area contributed by atoms with Crippen molar-refractivity contribution in [1.29, 1.82) is 0 Å². The summed E-state index contributed by atoms with van der Waals surface area (Å²) in [6.45, 7) is 4.15. The predicted molar refractivity (Wildman–Crippen MR) is 131 cm³/mol. The molecule has 0 saturated carbocycles. The lowest BCUT2D eigenvalue weighted by molar-refractivity contribution is -0.120. The van der Waals surface area contributed by atoms with E-state index in [1.54, 1.807) is 0 Å². The van der Waals surface area contributed by atoms with Gasteiger partial charge in [0.1, 0.15) is 11.2 Å². The topological polar surface area (TPSA) is 26.3 Å². The van der Waals surface area contributed by atoms with Gasteiger partial charge < -0.3 is 4.74 Å². The number of para-hydroxylation sites is 1. The van der Waals surface area contributed by atoms with Gasteiger partial charge in [-0.3, -0.25) is 4.79 Å². The fraction of sp³-hybridized carbons (Fsp3) is 0.129. The van der Waals surface area contributed by atoms with Crippen molar-refractivity contribution in [2.24, 2.45) is 0 Å². The van der Waals surface area contributed by atoms with Crippen LogP contribution >= 0.6 is 0 Å². The molecule has 4 aromatic rings. The molecule has 0 radical (unpaired) electrons. The number of allylic oxidation sites excluding steroid dienone is 1. The Labute approximate surface area is 194 Å². The van der Waals surface area contributed by atoms with Crippen LogP contribution < -0.4 is 4.74 Å². The van der Waals surface area contributed by atoms with Crippen molar-refractivity contribution < 1.29 is 9.53 Å². The van der Waals surface area contributed by atoms with E-state index < -0.39 is 11.0 Å².